The number of nitrogens with zero attached hydrogens (tertiary/aromatic N) is 2. The Labute approximate surface area is 149 Å². The lowest BCUT2D eigenvalue weighted by atomic mass is 9.94. The number of benzene rings is 1. The van der Waals surface area contributed by atoms with Crippen molar-refractivity contribution in [2.45, 2.75) is 32.9 Å². The smallest absolute Gasteiger partial charge is 0.331 e. The van der Waals surface area contributed by atoms with Gasteiger partial charge in [-0.15, -0.1) is 11.3 Å². The molecule has 3 rings (SSSR count). The van der Waals surface area contributed by atoms with E-state index in [1.165, 1.54) is 18.4 Å². The van der Waals surface area contributed by atoms with E-state index in [0.29, 0.717) is 21.6 Å². The van der Waals surface area contributed by atoms with E-state index in [2.05, 4.69) is 0 Å². The highest BCUT2D eigenvalue weighted by Gasteiger charge is 2.29. The molecule has 3 aromatic rings. The van der Waals surface area contributed by atoms with Crippen molar-refractivity contribution >= 4 is 21.6 Å². The minimum atomic E-state index is -1.23. The molecule has 132 valence electrons. The molecule has 1 atom stereocenters. The molecule has 0 fully saturated rings. The number of hydrogen-bond acceptors (Lipinski definition) is 4. The Morgan fingerprint density at radius 1 is 1.20 bits per heavy atom. The van der Waals surface area contributed by atoms with E-state index < -0.39 is 5.60 Å². The largest absolute Gasteiger partial charge is 0.380 e. The Balaban J connectivity index is 2.29. The summed E-state index contributed by atoms with van der Waals surface area (Å²) >= 11 is 1.30. The van der Waals surface area contributed by atoms with Gasteiger partial charge in [0.1, 0.15) is 10.4 Å². The molecule has 5 nitrogen and oxygen atoms in total. The molecule has 0 aliphatic rings. The van der Waals surface area contributed by atoms with Crippen molar-refractivity contribution in [1.82, 2.24) is 9.13 Å². The molecular formula is C19H22N2O3S. The van der Waals surface area contributed by atoms with E-state index >= 15 is 0 Å². The highest BCUT2D eigenvalue weighted by Crippen LogP contribution is 2.36. The minimum Gasteiger partial charge on any atom is -0.380 e. The van der Waals surface area contributed by atoms with Gasteiger partial charge in [-0.1, -0.05) is 44.2 Å². The first-order valence-corrected chi connectivity index (χ1v) is 9.07. The molecule has 1 aromatic carbocycles. The summed E-state index contributed by atoms with van der Waals surface area (Å²) in [5.74, 6) is 0.263. The van der Waals surface area contributed by atoms with Crippen LogP contribution in [-0.2, 0) is 19.2 Å². The van der Waals surface area contributed by atoms with Crippen LogP contribution in [0, 0.1) is 5.92 Å². The fourth-order valence-electron chi connectivity index (χ4n) is 2.94. The van der Waals surface area contributed by atoms with Gasteiger partial charge in [-0.05, 0) is 24.5 Å². The van der Waals surface area contributed by atoms with Crippen LogP contribution < -0.4 is 11.2 Å². The maximum atomic E-state index is 12.5. The normalized spacial score (nSPS) is 14.2. The lowest BCUT2D eigenvalue weighted by Gasteiger charge is -2.22. The average Bonchev–Trinajstić information content (AvgIpc) is 3.03. The first-order valence-electron chi connectivity index (χ1n) is 8.25. The van der Waals surface area contributed by atoms with Crippen molar-refractivity contribution in [2.75, 3.05) is 0 Å². The number of fused-ring (bicyclic) bond motifs is 1. The summed E-state index contributed by atoms with van der Waals surface area (Å²) < 4.78 is 2.77. The van der Waals surface area contributed by atoms with Crippen molar-refractivity contribution in [3.8, 4) is 0 Å². The first-order chi connectivity index (χ1) is 11.7. The van der Waals surface area contributed by atoms with Crippen molar-refractivity contribution in [3.05, 3.63) is 67.7 Å². The van der Waals surface area contributed by atoms with Crippen molar-refractivity contribution in [3.63, 3.8) is 0 Å². The quantitative estimate of drug-likeness (QED) is 0.780. The maximum absolute atomic E-state index is 12.5. The van der Waals surface area contributed by atoms with Gasteiger partial charge in [-0.2, -0.15) is 0 Å². The third-order valence-electron chi connectivity index (χ3n) is 4.37. The molecule has 2 aromatic heterocycles. The van der Waals surface area contributed by atoms with Crippen LogP contribution >= 0.6 is 11.3 Å². The summed E-state index contributed by atoms with van der Waals surface area (Å²) in [5.41, 5.74) is -1.13. The second kappa shape index (κ2) is 6.28. The molecule has 1 N–H and O–H groups in total. The van der Waals surface area contributed by atoms with Crippen molar-refractivity contribution in [2.24, 2.45) is 13.0 Å². The van der Waals surface area contributed by atoms with Crippen LogP contribution in [0.5, 0.6) is 0 Å². The lowest BCUT2D eigenvalue weighted by molar-refractivity contribution is 0.106. The monoisotopic (exact) mass is 358 g/mol. The van der Waals surface area contributed by atoms with Gasteiger partial charge in [0.2, 0.25) is 0 Å². The van der Waals surface area contributed by atoms with Gasteiger partial charge in [0.15, 0.2) is 0 Å². The van der Waals surface area contributed by atoms with Gasteiger partial charge in [0, 0.05) is 18.5 Å². The molecule has 0 aliphatic carbocycles. The number of aliphatic hydroxyl groups is 1. The minimum absolute atomic E-state index is 0.263. The molecule has 0 bridgehead atoms. The van der Waals surface area contributed by atoms with Crippen LogP contribution in [0.3, 0.4) is 0 Å². The Kier molecular flexibility index (Phi) is 4.43. The molecule has 0 saturated heterocycles. The highest BCUT2D eigenvalue weighted by atomic mass is 32.1. The molecule has 1 unspecified atom stereocenters. The fourth-order valence-corrected chi connectivity index (χ4v) is 4.16. The second-order valence-corrected chi connectivity index (χ2v) is 7.95. The van der Waals surface area contributed by atoms with E-state index in [4.69, 9.17) is 0 Å². The maximum Gasteiger partial charge on any atom is 0.331 e. The lowest BCUT2D eigenvalue weighted by Crippen LogP contribution is -2.38. The summed E-state index contributed by atoms with van der Waals surface area (Å²) in [4.78, 5) is 26.3. The van der Waals surface area contributed by atoms with Crippen LogP contribution in [0.2, 0.25) is 0 Å². The second-order valence-electron chi connectivity index (χ2n) is 6.92. The van der Waals surface area contributed by atoms with Crippen LogP contribution in [0.1, 0.15) is 31.2 Å². The third kappa shape index (κ3) is 2.96. The molecule has 0 aliphatic heterocycles. The fraction of sp³-hybridized carbons (Fsp3) is 0.368. The van der Waals surface area contributed by atoms with Gasteiger partial charge in [0.05, 0.1) is 5.39 Å². The highest BCUT2D eigenvalue weighted by molar-refractivity contribution is 7.18. The zero-order valence-corrected chi connectivity index (χ0v) is 15.6. The zero-order valence-electron chi connectivity index (χ0n) is 14.8. The van der Waals surface area contributed by atoms with Crippen molar-refractivity contribution in [1.29, 1.82) is 0 Å². The molecule has 0 radical (unpaired) electrons. The molecular weight excluding hydrogens is 336 g/mol. The van der Waals surface area contributed by atoms with Gasteiger partial charge in [0.25, 0.3) is 5.56 Å². The Morgan fingerprint density at radius 2 is 1.84 bits per heavy atom. The topological polar surface area (TPSA) is 64.2 Å². The Bertz CT molecular complexity index is 1030. The van der Waals surface area contributed by atoms with E-state index in [1.54, 1.807) is 17.6 Å². The Hall–Kier alpha value is -2.18. The van der Waals surface area contributed by atoms with Crippen molar-refractivity contribution < 1.29 is 5.11 Å². The summed E-state index contributed by atoms with van der Waals surface area (Å²) in [6.45, 7) is 6.29. The predicted molar refractivity (Wildman–Crippen MR) is 101 cm³/mol. The average molecular weight is 358 g/mol. The van der Waals surface area contributed by atoms with Gasteiger partial charge in [-0.3, -0.25) is 13.9 Å². The van der Waals surface area contributed by atoms with Crippen LogP contribution in [0.4, 0.5) is 0 Å². The molecule has 0 saturated carbocycles. The molecule has 0 amide bonds. The number of aromatic nitrogens is 2. The SMILES string of the molecule is CC(C)Cn1c(=O)n(C)c(=O)c2cc(C(C)(O)c3ccccc3)sc21. The molecule has 0 spiro atoms. The van der Waals surface area contributed by atoms with Crippen LogP contribution in [0.25, 0.3) is 10.2 Å². The van der Waals surface area contributed by atoms with Gasteiger partial charge in [-0.25, -0.2) is 4.79 Å². The standard InChI is InChI=1S/C19H22N2O3S/c1-12(2)11-21-17-14(16(22)20(4)18(21)23)10-15(25-17)19(3,24)13-8-6-5-7-9-13/h5-10,12,24H,11H2,1-4H3. The van der Waals surface area contributed by atoms with Crippen LogP contribution in [-0.4, -0.2) is 14.2 Å². The van der Waals surface area contributed by atoms with Crippen LogP contribution in [0.15, 0.2) is 46.0 Å². The van der Waals surface area contributed by atoms with Gasteiger partial charge < -0.3 is 5.11 Å². The summed E-state index contributed by atoms with van der Waals surface area (Å²) in [5, 5.41) is 11.5. The first kappa shape index (κ1) is 17.6. The number of hydrogen-bond donors (Lipinski definition) is 1. The third-order valence-corrected chi connectivity index (χ3v) is 5.74. The summed E-state index contributed by atoms with van der Waals surface area (Å²) in [7, 11) is 1.49. The summed E-state index contributed by atoms with van der Waals surface area (Å²) in [6, 6.07) is 11.0. The summed E-state index contributed by atoms with van der Waals surface area (Å²) in [6.07, 6.45) is 0. The zero-order chi connectivity index (χ0) is 18.4. The molecule has 2 heterocycles. The predicted octanol–water partition coefficient (Wildman–Crippen LogP) is 2.67. The van der Waals surface area contributed by atoms with Gasteiger partial charge >= 0.3 is 5.69 Å². The Morgan fingerprint density at radius 3 is 2.44 bits per heavy atom. The number of thiophene rings is 1. The number of rotatable bonds is 4. The van der Waals surface area contributed by atoms with E-state index in [9.17, 15) is 14.7 Å². The van der Waals surface area contributed by atoms with E-state index in [0.717, 1.165) is 10.1 Å². The molecule has 25 heavy (non-hydrogen) atoms. The molecule has 6 heteroatoms. The van der Waals surface area contributed by atoms with E-state index in [-0.39, 0.29) is 17.2 Å². The van der Waals surface area contributed by atoms with E-state index in [1.807, 2.05) is 44.2 Å².